The Hall–Kier alpha value is -4.50. The van der Waals surface area contributed by atoms with Gasteiger partial charge in [-0.15, -0.1) is 0 Å². The van der Waals surface area contributed by atoms with E-state index in [4.69, 9.17) is 4.74 Å². The Balaban J connectivity index is 1.25. The molecule has 1 fully saturated rings. The summed E-state index contributed by atoms with van der Waals surface area (Å²) in [5.41, 5.74) is 4.49. The van der Waals surface area contributed by atoms with Crippen LogP contribution in [0.15, 0.2) is 84.0 Å². The summed E-state index contributed by atoms with van der Waals surface area (Å²) >= 11 is 0. The van der Waals surface area contributed by atoms with E-state index >= 15 is 0 Å². The molecule has 1 aliphatic rings. The molecule has 0 radical (unpaired) electrons. The normalized spacial score (nSPS) is 16.0. The van der Waals surface area contributed by atoms with E-state index in [0.717, 1.165) is 46.6 Å². The largest absolute Gasteiger partial charge is 0.455 e. The van der Waals surface area contributed by atoms with Gasteiger partial charge in [0.25, 0.3) is 0 Å². The first-order valence-corrected chi connectivity index (χ1v) is 13.9. The number of nitrogens with zero attached hydrogens (tertiary/aromatic N) is 6. The summed E-state index contributed by atoms with van der Waals surface area (Å²) in [4.78, 5) is 37.7. The lowest BCUT2D eigenvalue weighted by Gasteiger charge is -2.20. The molecule has 0 aliphatic carbocycles. The zero-order chi connectivity index (χ0) is 28.7. The summed E-state index contributed by atoms with van der Waals surface area (Å²) in [5, 5.41) is 0. The van der Waals surface area contributed by atoms with E-state index in [-0.39, 0.29) is 17.7 Å². The van der Waals surface area contributed by atoms with Crippen LogP contribution in [-0.4, -0.2) is 53.2 Å². The van der Waals surface area contributed by atoms with Crippen molar-refractivity contribution in [3.63, 3.8) is 0 Å². The average Bonchev–Trinajstić information content (AvgIpc) is 3.64. The van der Waals surface area contributed by atoms with Crippen LogP contribution >= 0.6 is 0 Å². The molecule has 1 aliphatic heterocycles. The average molecular weight is 551 g/mol. The van der Waals surface area contributed by atoms with Gasteiger partial charge < -0.3 is 9.30 Å². The molecule has 0 amide bonds. The smallest absolute Gasteiger partial charge is 0.357 e. The summed E-state index contributed by atoms with van der Waals surface area (Å²) in [6.45, 7) is 7.62. The lowest BCUT2D eigenvalue weighted by atomic mass is 10.1. The molecule has 3 aromatic heterocycles. The standard InChI is InChI=1S/C32H34N6O3/c1-32(2,3)41-30(39)28-19-34-29(35(28)4)21-36-17-15-25(20-36)38-27-18-33-16-14-26(27)37(31(38)40)24-12-10-23(11-13-24)22-8-6-5-7-9-22/h5-14,16,18-19,25H,15,17,20-21H2,1-4H3/t25-/m0/s1. The van der Waals surface area contributed by atoms with E-state index in [1.54, 1.807) is 27.7 Å². The van der Waals surface area contributed by atoms with Gasteiger partial charge in [-0.3, -0.25) is 19.0 Å². The number of aromatic nitrogens is 5. The maximum absolute atomic E-state index is 14.0. The highest BCUT2D eigenvalue weighted by Gasteiger charge is 2.30. The number of carbonyl (C=O) groups is 1. The van der Waals surface area contributed by atoms with Gasteiger partial charge in [-0.05, 0) is 56.5 Å². The topological polar surface area (TPSA) is 87.2 Å². The highest BCUT2D eigenvalue weighted by molar-refractivity contribution is 5.87. The van der Waals surface area contributed by atoms with Crippen LogP contribution in [0, 0.1) is 0 Å². The molecule has 0 bridgehead atoms. The number of pyridine rings is 1. The van der Waals surface area contributed by atoms with Gasteiger partial charge >= 0.3 is 11.7 Å². The first kappa shape index (κ1) is 26.7. The lowest BCUT2D eigenvalue weighted by molar-refractivity contribution is 0.00584. The third kappa shape index (κ3) is 5.20. The Morgan fingerprint density at radius 1 is 0.976 bits per heavy atom. The number of rotatable bonds is 6. The van der Waals surface area contributed by atoms with Crippen molar-refractivity contribution < 1.29 is 9.53 Å². The highest BCUT2D eigenvalue weighted by atomic mass is 16.6. The van der Waals surface area contributed by atoms with Gasteiger partial charge in [0.15, 0.2) is 0 Å². The molecule has 2 aromatic carbocycles. The van der Waals surface area contributed by atoms with Gasteiger partial charge in [0.1, 0.15) is 17.1 Å². The van der Waals surface area contributed by atoms with E-state index in [9.17, 15) is 9.59 Å². The Morgan fingerprint density at radius 2 is 1.71 bits per heavy atom. The number of carbonyl (C=O) groups excluding carboxylic acids is 1. The van der Waals surface area contributed by atoms with Gasteiger partial charge in [-0.1, -0.05) is 42.5 Å². The highest BCUT2D eigenvalue weighted by Crippen LogP contribution is 2.28. The maximum atomic E-state index is 14.0. The van der Waals surface area contributed by atoms with Crippen LogP contribution in [0.3, 0.4) is 0 Å². The molecule has 0 N–H and O–H groups in total. The van der Waals surface area contributed by atoms with Crippen LogP contribution in [-0.2, 0) is 18.3 Å². The lowest BCUT2D eigenvalue weighted by Crippen LogP contribution is -2.29. The van der Waals surface area contributed by atoms with Crippen molar-refractivity contribution in [3.8, 4) is 16.8 Å². The Labute approximate surface area is 238 Å². The molecule has 4 heterocycles. The summed E-state index contributed by atoms with van der Waals surface area (Å²) in [6, 6.07) is 20.2. The third-order valence-electron chi connectivity index (χ3n) is 7.58. The van der Waals surface area contributed by atoms with Crippen LogP contribution in [0.5, 0.6) is 0 Å². The molecule has 0 spiro atoms. The fourth-order valence-electron chi connectivity index (χ4n) is 5.58. The fourth-order valence-corrected chi connectivity index (χ4v) is 5.58. The van der Waals surface area contributed by atoms with Crippen LogP contribution < -0.4 is 5.69 Å². The van der Waals surface area contributed by atoms with Gasteiger partial charge in [-0.2, -0.15) is 0 Å². The second-order valence-electron chi connectivity index (χ2n) is 11.6. The van der Waals surface area contributed by atoms with Crippen molar-refractivity contribution in [2.75, 3.05) is 13.1 Å². The fraction of sp³-hybridized carbons (Fsp3) is 0.312. The van der Waals surface area contributed by atoms with Gasteiger partial charge in [0, 0.05) is 26.3 Å². The number of ether oxygens (including phenoxy) is 1. The minimum Gasteiger partial charge on any atom is -0.455 e. The molecule has 210 valence electrons. The molecule has 0 unspecified atom stereocenters. The molecule has 1 atom stereocenters. The zero-order valence-corrected chi connectivity index (χ0v) is 23.8. The van der Waals surface area contributed by atoms with E-state index < -0.39 is 5.60 Å². The third-order valence-corrected chi connectivity index (χ3v) is 7.58. The molecule has 9 nitrogen and oxygen atoms in total. The SMILES string of the molecule is Cn1c(C(=O)OC(C)(C)C)cnc1CN1CC[C@H](n2c(=O)n(-c3ccc(-c4ccccc4)cc3)c3ccncc32)C1. The maximum Gasteiger partial charge on any atom is 0.357 e. The number of benzene rings is 2. The van der Waals surface area contributed by atoms with E-state index in [1.165, 1.54) is 0 Å². The van der Waals surface area contributed by atoms with E-state index in [0.29, 0.717) is 18.8 Å². The predicted octanol–water partition coefficient (Wildman–Crippen LogP) is 4.99. The van der Waals surface area contributed by atoms with E-state index in [1.807, 2.05) is 68.8 Å². The molecule has 5 aromatic rings. The number of hydrogen-bond donors (Lipinski definition) is 0. The predicted molar refractivity (Wildman–Crippen MR) is 158 cm³/mol. The van der Waals surface area contributed by atoms with Crippen molar-refractivity contribution in [1.29, 1.82) is 0 Å². The monoisotopic (exact) mass is 550 g/mol. The Bertz CT molecular complexity index is 1760. The minimum atomic E-state index is -0.574. The van der Waals surface area contributed by atoms with Crippen LogP contribution in [0.2, 0.25) is 0 Å². The van der Waals surface area contributed by atoms with Crippen LogP contribution in [0.1, 0.15) is 49.5 Å². The van der Waals surface area contributed by atoms with Crippen LogP contribution in [0.25, 0.3) is 27.8 Å². The number of esters is 1. The molecule has 41 heavy (non-hydrogen) atoms. The summed E-state index contributed by atoms with van der Waals surface area (Å²) < 4.78 is 11.0. The Kier molecular flexibility index (Phi) is 6.83. The van der Waals surface area contributed by atoms with Crippen molar-refractivity contribution in [2.24, 2.45) is 7.05 Å². The molecular weight excluding hydrogens is 516 g/mol. The number of fused-ring (bicyclic) bond motifs is 1. The van der Waals surface area contributed by atoms with Crippen molar-refractivity contribution in [2.45, 2.75) is 45.4 Å². The van der Waals surface area contributed by atoms with Crippen molar-refractivity contribution in [3.05, 3.63) is 101 Å². The number of hydrogen-bond acceptors (Lipinski definition) is 6. The van der Waals surface area contributed by atoms with Gasteiger partial charge in [0.2, 0.25) is 0 Å². The summed E-state index contributed by atoms with van der Waals surface area (Å²) in [7, 11) is 1.84. The molecule has 0 saturated carbocycles. The number of likely N-dealkylation sites (tertiary alicyclic amines) is 1. The van der Waals surface area contributed by atoms with Crippen molar-refractivity contribution >= 4 is 17.0 Å². The summed E-state index contributed by atoms with van der Waals surface area (Å²) in [6.07, 6.45) is 5.90. The first-order valence-electron chi connectivity index (χ1n) is 13.9. The van der Waals surface area contributed by atoms with Gasteiger partial charge in [0.05, 0.1) is 41.7 Å². The Morgan fingerprint density at radius 3 is 2.44 bits per heavy atom. The van der Waals surface area contributed by atoms with E-state index in [2.05, 4.69) is 39.1 Å². The molecule has 9 heteroatoms. The van der Waals surface area contributed by atoms with Crippen molar-refractivity contribution in [1.82, 2.24) is 28.6 Å². The second kappa shape index (κ2) is 10.5. The van der Waals surface area contributed by atoms with Crippen LogP contribution in [0.4, 0.5) is 0 Å². The minimum absolute atomic E-state index is 0.00960. The molecule has 6 rings (SSSR count). The molecule has 1 saturated heterocycles. The zero-order valence-electron chi connectivity index (χ0n) is 23.8. The quantitative estimate of drug-likeness (QED) is 0.277. The second-order valence-corrected chi connectivity index (χ2v) is 11.6. The molecular formula is C32H34N6O3. The van der Waals surface area contributed by atoms with Gasteiger partial charge in [-0.25, -0.2) is 14.6 Å². The number of imidazole rings is 2. The first-order chi connectivity index (χ1) is 19.7. The summed E-state index contributed by atoms with van der Waals surface area (Å²) in [5.74, 6) is 0.392.